The third-order valence-electron chi connectivity index (χ3n) is 5.74. The molecule has 0 unspecified atom stereocenters. The lowest BCUT2D eigenvalue weighted by atomic mass is 10.1. The van der Waals surface area contributed by atoms with Crippen LogP contribution in [0.15, 0.2) is 113 Å². The number of anilines is 2. The molecule has 0 radical (unpaired) electrons. The van der Waals surface area contributed by atoms with Crippen LogP contribution in [0.4, 0.5) is 11.4 Å². The second-order valence-electron chi connectivity index (χ2n) is 8.91. The Morgan fingerprint density at radius 3 is 2.21 bits per heavy atom. The summed E-state index contributed by atoms with van der Waals surface area (Å²) in [6, 6.07) is 25.7. The number of thioether (sulfide) groups is 1. The number of sulfonamides is 1. The summed E-state index contributed by atoms with van der Waals surface area (Å²) in [5.41, 5.74) is 1.56. The van der Waals surface area contributed by atoms with Crippen molar-refractivity contribution in [1.82, 2.24) is 5.32 Å². The van der Waals surface area contributed by atoms with Crippen molar-refractivity contribution >= 4 is 80.2 Å². The van der Waals surface area contributed by atoms with Gasteiger partial charge in [0.05, 0.1) is 20.7 Å². The van der Waals surface area contributed by atoms with E-state index in [9.17, 15) is 22.8 Å². The lowest BCUT2D eigenvalue weighted by molar-refractivity contribution is -0.114. The molecule has 0 aliphatic heterocycles. The summed E-state index contributed by atoms with van der Waals surface area (Å²) in [6.07, 6.45) is 1.43. The quantitative estimate of drug-likeness (QED) is 0.126. The minimum atomic E-state index is -3.83. The zero-order valence-corrected chi connectivity index (χ0v) is 25.4. The van der Waals surface area contributed by atoms with Crippen LogP contribution in [0.1, 0.15) is 15.9 Å². The molecule has 220 valence electrons. The maximum Gasteiger partial charge on any atom is 0.272 e. The lowest BCUT2D eigenvalue weighted by Crippen LogP contribution is -2.30. The first-order chi connectivity index (χ1) is 20.5. The molecule has 5 N–H and O–H groups in total. The molecule has 0 heterocycles. The number of carbonyl (C=O) groups excluding carboxylic acids is 3. The molecule has 4 rings (SSSR count). The number of benzene rings is 4. The van der Waals surface area contributed by atoms with E-state index >= 15 is 0 Å². The monoisotopic (exact) mass is 654 g/mol. The molecule has 0 fully saturated rings. The smallest absolute Gasteiger partial charge is 0.272 e. The fourth-order valence-corrected chi connectivity index (χ4v) is 5.30. The van der Waals surface area contributed by atoms with Gasteiger partial charge in [-0.1, -0.05) is 59.6 Å². The van der Waals surface area contributed by atoms with Crippen molar-refractivity contribution in [2.75, 3.05) is 16.4 Å². The Labute approximate surface area is 262 Å². The van der Waals surface area contributed by atoms with Crippen LogP contribution in [0.25, 0.3) is 6.08 Å². The summed E-state index contributed by atoms with van der Waals surface area (Å²) in [6.45, 7) is 0. The number of rotatable bonds is 10. The predicted octanol–water partition coefficient (Wildman–Crippen LogP) is 5.78. The maximum atomic E-state index is 13.4. The van der Waals surface area contributed by atoms with E-state index in [4.69, 9.17) is 28.3 Å². The Morgan fingerprint density at radius 1 is 0.814 bits per heavy atom. The van der Waals surface area contributed by atoms with Gasteiger partial charge in [0.15, 0.2) is 0 Å². The highest BCUT2D eigenvalue weighted by Crippen LogP contribution is 2.28. The van der Waals surface area contributed by atoms with Gasteiger partial charge in [-0.25, -0.2) is 13.6 Å². The third-order valence-corrected chi connectivity index (χ3v) is 8.50. The van der Waals surface area contributed by atoms with Crippen molar-refractivity contribution in [3.05, 3.63) is 124 Å². The van der Waals surface area contributed by atoms with Crippen molar-refractivity contribution in [3.63, 3.8) is 0 Å². The maximum absolute atomic E-state index is 13.4. The Morgan fingerprint density at radius 2 is 1.51 bits per heavy atom. The minimum Gasteiger partial charge on any atom is -0.325 e. The summed E-state index contributed by atoms with van der Waals surface area (Å²) in [5, 5.41) is 13.7. The normalized spacial score (nSPS) is 11.5. The topological polar surface area (TPSA) is 147 Å². The van der Waals surface area contributed by atoms with Crippen LogP contribution in [-0.2, 0) is 19.6 Å². The van der Waals surface area contributed by atoms with Crippen molar-refractivity contribution < 1.29 is 22.8 Å². The van der Waals surface area contributed by atoms with Crippen LogP contribution in [0, 0.1) is 0 Å². The Bertz CT molecular complexity index is 1800. The molecular formula is C30H24Cl2N4O5S2. The van der Waals surface area contributed by atoms with Crippen molar-refractivity contribution in [2.24, 2.45) is 5.14 Å². The number of amides is 3. The summed E-state index contributed by atoms with van der Waals surface area (Å²) >= 11 is 13.7. The molecule has 4 aromatic carbocycles. The van der Waals surface area contributed by atoms with Crippen LogP contribution in [-0.4, -0.2) is 31.9 Å². The molecule has 43 heavy (non-hydrogen) atoms. The number of hydrogen-bond acceptors (Lipinski definition) is 6. The zero-order chi connectivity index (χ0) is 31.0. The number of nitrogens with one attached hydrogen (secondary N) is 3. The van der Waals surface area contributed by atoms with Gasteiger partial charge >= 0.3 is 0 Å². The van der Waals surface area contributed by atoms with Crippen molar-refractivity contribution in [2.45, 2.75) is 9.79 Å². The van der Waals surface area contributed by atoms with Gasteiger partial charge in [-0.05, 0) is 72.3 Å². The van der Waals surface area contributed by atoms with Crippen molar-refractivity contribution in [1.29, 1.82) is 0 Å². The molecule has 0 atom stereocenters. The first-order valence-corrected chi connectivity index (χ1v) is 15.8. The second-order valence-corrected chi connectivity index (χ2v) is 12.3. The standard InChI is InChI=1S/C30H24Cl2N4O5S2/c31-25-11-4-8-20(28(25)32)16-26(36-29(38)19-6-2-1-3-7-19)30(39)35-22-9-5-10-23(17-22)42-18-27(37)34-21-12-14-24(15-13-21)43(33,40)41/h1-17H,18H2,(H,34,37)(H,35,39)(H,36,38)(H2,33,40,41)/b26-16+. The molecule has 0 saturated carbocycles. The fraction of sp³-hybridized carbons (Fsp3) is 0.0333. The highest BCUT2D eigenvalue weighted by atomic mass is 35.5. The minimum absolute atomic E-state index is 0.0416. The van der Waals surface area contributed by atoms with E-state index in [0.717, 1.165) is 0 Å². The highest BCUT2D eigenvalue weighted by molar-refractivity contribution is 8.00. The van der Waals surface area contributed by atoms with E-state index in [0.29, 0.717) is 32.4 Å². The number of nitrogens with two attached hydrogens (primary N) is 1. The molecule has 9 nitrogen and oxygen atoms in total. The second kappa shape index (κ2) is 14.4. The van der Waals surface area contributed by atoms with Gasteiger partial charge in [-0.3, -0.25) is 14.4 Å². The first-order valence-electron chi connectivity index (χ1n) is 12.5. The number of primary sulfonamides is 1. The first kappa shape index (κ1) is 31.8. The molecule has 0 spiro atoms. The van der Waals surface area contributed by atoms with Crippen LogP contribution in [0.5, 0.6) is 0 Å². The Kier molecular flexibility index (Phi) is 10.6. The van der Waals surface area contributed by atoms with Gasteiger partial charge in [0, 0.05) is 21.8 Å². The van der Waals surface area contributed by atoms with E-state index in [-0.39, 0.29) is 27.3 Å². The van der Waals surface area contributed by atoms with E-state index in [1.165, 1.54) is 42.1 Å². The molecule has 4 aromatic rings. The summed E-state index contributed by atoms with van der Waals surface area (Å²) < 4.78 is 22.8. The van der Waals surface area contributed by atoms with E-state index in [1.54, 1.807) is 72.8 Å². The number of halogens is 2. The van der Waals surface area contributed by atoms with E-state index in [1.807, 2.05) is 0 Å². The van der Waals surface area contributed by atoms with Gasteiger partial charge in [0.25, 0.3) is 11.8 Å². The van der Waals surface area contributed by atoms with E-state index < -0.39 is 21.8 Å². The molecule has 0 aliphatic rings. The van der Waals surface area contributed by atoms with Gasteiger partial charge in [0.1, 0.15) is 5.70 Å². The van der Waals surface area contributed by atoms with Gasteiger partial charge in [0.2, 0.25) is 15.9 Å². The predicted molar refractivity (Wildman–Crippen MR) is 171 cm³/mol. The molecule has 0 bridgehead atoms. The van der Waals surface area contributed by atoms with Crippen molar-refractivity contribution in [3.8, 4) is 0 Å². The van der Waals surface area contributed by atoms with Gasteiger partial charge in [-0.2, -0.15) is 0 Å². The summed E-state index contributed by atoms with van der Waals surface area (Å²) in [5.74, 6) is -1.38. The lowest BCUT2D eigenvalue weighted by Gasteiger charge is -2.13. The Hall–Kier alpha value is -4.13. The Balaban J connectivity index is 1.45. The van der Waals surface area contributed by atoms with Gasteiger partial charge < -0.3 is 16.0 Å². The molecule has 0 aliphatic carbocycles. The summed E-state index contributed by atoms with van der Waals surface area (Å²) in [4.78, 5) is 39.3. The van der Waals surface area contributed by atoms with Gasteiger partial charge in [-0.15, -0.1) is 11.8 Å². The van der Waals surface area contributed by atoms with Crippen LogP contribution < -0.4 is 21.1 Å². The molecular weight excluding hydrogens is 631 g/mol. The average molecular weight is 656 g/mol. The van der Waals surface area contributed by atoms with E-state index in [2.05, 4.69) is 16.0 Å². The largest absolute Gasteiger partial charge is 0.325 e. The van der Waals surface area contributed by atoms with Crippen LogP contribution in [0.3, 0.4) is 0 Å². The molecule has 13 heteroatoms. The molecule has 0 aromatic heterocycles. The fourth-order valence-electron chi connectivity index (χ4n) is 3.67. The number of hydrogen-bond donors (Lipinski definition) is 4. The third kappa shape index (κ3) is 9.18. The average Bonchev–Trinajstić information content (AvgIpc) is 2.98. The highest BCUT2D eigenvalue weighted by Gasteiger charge is 2.17. The number of carbonyl (C=O) groups is 3. The summed E-state index contributed by atoms with van der Waals surface area (Å²) in [7, 11) is -3.83. The SMILES string of the molecule is NS(=O)(=O)c1ccc(NC(=O)CSc2cccc(NC(=O)/C(=C\c3cccc(Cl)c3Cl)NC(=O)c3ccccc3)c2)cc1. The zero-order valence-electron chi connectivity index (χ0n) is 22.2. The van der Waals surface area contributed by atoms with Crippen LogP contribution in [0.2, 0.25) is 10.0 Å². The molecule has 0 saturated heterocycles. The van der Waals surface area contributed by atoms with Crippen LogP contribution >= 0.6 is 35.0 Å². The molecule has 3 amide bonds.